The van der Waals surface area contributed by atoms with Gasteiger partial charge in [0.1, 0.15) is 5.75 Å². The van der Waals surface area contributed by atoms with Crippen LogP contribution in [0.15, 0.2) is 18.2 Å². The van der Waals surface area contributed by atoms with E-state index in [1.807, 2.05) is 12.1 Å². The van der Waals surface area contributed by atoms with Crippen molar-refractivity contribution >= 4 is 0 Å². The van der Waals surface area contributed by atoms with Crippen LogP contribution in [0.1, 0.15) is 49.7 Å². The summed E-state index contributed by atoms with van der Waals surface area (Å²) in [6.07, 6.45) is 4.95. The van der Waals surface area contributed by atoms with Gasteiger partial charge in [0.15, 0.2) is 0 Å². The van der Waals surface area contributed by atoms with Crippen LogP contribution >= 0.6 is 0 Å². The summed E-state index contributed by atoms with van der Waals surface area (Å²) in [4.78, 5) is 0. The minimum Gasteiger partial charge on any atom is -0.508 e. The normalized spacial score (nSPS) is 44.8. The molecule has 0 heterocycles. The largest absolute Gasteiger partial charge is 0.508 e. The monoisotopic (exact) mass is 287 g/mol. The molecule has 0 saturated heterocycles. The van der Waals surface area contributed by atoms with Gasteiger partial charge in [0.25, 0.3) is 0 Å². The topological polar surface area (TPSA) is 66.5 Å². The summed E-state index contributed by atoms with van der Waals surface area (Å²) < 4.78 is 0. The number of phenolic OH excluding ortho intramolecular Hbond substituents is 1. The van der Waals surface area contributed by atoms with E-state index in [2.05, 4.69) is 6.92 Å². The molecule has 3 aliphatic carbocycles. The van der Waals surface area contributed by atoms with Crippen LogP contribution in [-0.4, -0.2) is 22.4 Å². The Hall–Kier alpha value is -1.06. The Morgan fingerprint density at radius 2 is 2.05 bits per heavy atom. The summed E-state index contributed by atoms with van der Waals surface area (Å²) in [7, 11) is 0. The first-order chi connectivity index (χ1) is 10.0. The summed E-state index contributed by atoms with van der Waals surface area (Å²) in [6, 6.07) is 5.91. The molecule has 0 bridgehead atoms. The molecule has 1 aromatic rings. The summed E-state index contributed by atoms with van der Waals surface area (Å²) in [5, 5.41) is 20.5. The third-order valence-electron chi connectivity index (χ3n) is 6.76. The van der Waals surface area contributed by atoms with Gasteiger partial charge < -0.3 is 15.9 Å². The van der Waals surface area contributed by atoms with Gasteiger partial charge in [-0.25, -0.2) is 0 Å². The highest BCUT2D eigenvalue weighted by molar-refractivity contribution is 5.41. The smallest absolute Gasteiger partial charge is 0.115 e. The van der Waals surface area contributed by atoms with Crippen molar-refractivity contribution in [1.82, 2.24) is 0 Å². The van der Waals surface area contributed by atoms with Crippen molar-refractivity contribution in [3.63, 3.8) is 0 Å². The number of aliphatic hydroxyl groups is 1. The van der Waals surface area contributed by atoms with Crippen LogP contribution in [0.4, 0.5) is 0 Å². The van der Waals surface area contributed by atoms with Crippen LogP contribution in [0.3, 0.4) is 0 Å². The fraction of sp³-hybridized carbons (Fsp3) is 0.667. The molecule has 1 aromatic carbocycles. The minimum atomic E-state index is -0.302. The molecule has 114 valence electrons. The van der Waals surface area contributed by atoms with Gasteiger partial charge in [-0.15, -0.1) is 0 Å². The zero-order valence-corrected chi connectivity index (χ0v) is 12.6. The zero-order chi connectivity index (χ0) is 14.8. The van der Waals surface area contributed by atoms with Crippen molar-refractivity contribution in [2.75, 3.05) is 0 Å². The second kappa shape index (κ2) is 4.47. The lowest BCUT2D eigenvalue weighted by Gasteiger charge is -2.52. The van der Waals surface area contributed by atoms with Crippen molar-refractivity contribution in [3.05, 3.63) is 29.3 Å². The molecular formula is C18H25NO2. The first kappa shape index (κ1) is 13.6. The highest BCUT2D eigenvalue weighted by atomic mass is 16.3. The third-order valence-corrected chi connectivity index (χ3v) is 6.76. The lowest BCUT2D eigenvalue weighted by molar-refractivity contribution is -0.0427. The molecule has 2 fully saturated rings. The van der Waals surface area contributed by atoms with E-state index in [1.165, 1.54) is 17.5 Å². The first-order valence-corrected chi connectivity index (χ1v) is 8.26. The second-order valence-electron chi connectivity index (χ2n) is 7.68. The Morgan fingerprint density at radius 3 is 2.86 bits per heavy atom. The molecule has 3 aliphatic rings. The predicted octanol–water partition coefficient (Wildman–Crippen LogP) is 2.55. The Morgan fingerprint density at radius 1 is 1.24 bits per heavy atom. The molecule has 21 heavy (non-hydrogen) atoms. The van der Waals surface area contributed by atoms with Crippen LogP contribution < -0.4 is 5.73 Å². The molecular weight excluding hydrogens is 262 g/mol. The van der Waals surface area contributed by atoms with Crippen LogP contribution in [0.25, 0.3) is 0 Å². The molecule has 3 heteroatoms. The van der Waals surface area contributed by atoms with Crippen molar-refractivity contribution in [2.45, 2.75) is 57.1 Å². The van der Waals surface area contributed by atoms with Gasteiger partial charge in [-0.05, 0) is 72.6 Å². The Labute approximate surface area is 126 Å². The second-order valence-corrected chi connectivity index (χ2v) is 7.68. The van der Waals surface area contributed by atoms with E-state index < -0.39 is 0 Å². The van der Waals surface area contributed by atoms with E-state index in [4.69, 9.17) is 5.73 Å². The third kappa shape index (κ3) is 1.80. The maximum atomic E-state index is 10.8. The molecule has 0 aliphatic heterocycles. The van der Waals surface area contributed by atoms with Gasteiger partial charge in [0.2, 0.25) is 0 Å². The van der Waals surface area contributed by atoms with Crippen molar-refractivity contribution in [1.29, 1.82) is 0 Å². The Kier molecular flexibility index (Phi) is 2.89. The van der Waals surface area contributed by atoms with Gasteiger partial charge in [-0.3, -0.25) is 0 Å². The Balaban J connectivity index is 1.76. The van der Waals surface area contributed by atoms with E-state index in [0.29, 0.717) is 17.6 Å². The maximum Gasteiger partial charge on any atom is 0.115 e. The SMILES string of the molecule is C[C@]12C[C@H](O)C3c4ccc(O)cc4CCC3C1CCC2N. The lowest BCUT2D eigenvalue weighted by atomic mass is 9.54. The van der Waals surface area contributed by atoms with Crippen molar-refractivity contribution in [2.24, 2.45) is 23.0 Å². The molecule has 3 nitrogen and oxygen atoms in total. The average Bonchev–Trinajstić information content (AvgIpc) is 2.74. The van der Waals surface area contributed by atoms with E-state index >= 15 is 0 Å². The van der Waals surface area contributed by atoms with Crippen molar-refractivity contribution < 1.29 is 10.2 Å². The fourth-order valence-corrected chi connectivity index (χ4v) is 5.69. The quantitative estimate of drug-likeness (QED) is 0.687. The summed E-state index contributed by atoms with van der Waals surface area (Å²) in [5.74, 6) is 1.76. The van der Waals surface area contributed by atoms with E-state index in [1.54, 1.807) is 6.07 Å². The van der Waals surface area contributed by atoms with E-state index in [0.717, 1.165) is 25.7 Å². The van der Waals surface area contributed by atoms with Gasteiger partial charge in [-0.1, -0.05) is 13.0 Å². The Bertz CT molecular complexity index is 572. The van der Waals surface area contributed by atoms with Gasteiger partial charge in [0, 0.05) is 12.0 Å². The first-order valence-electron chi connectivity index (χ1n) is 8.26. The number of hydrogen-bond donors (Lipinski definition) is 3. The highest BCUT2D eigenvalue weighted by Crippen LogP contribution is 2.60. The van der Waals surface area contributed by atoms with Crippen LogP contribution in [0, 0.1) is 17.3 Å². The van der Waals surface area contributed by atoms with Gasteiger partial charge >= 0.3 is 0 Å². The van der Waals surface area contributed by atoms with Crippen molar-refractivity contribution in [3.8, 4) is 5.75 Å². The number of phenols is 1. The predicted molar refractivity (Wildman–Crippen MR) is 82.1 cm³/mol. The minimum absolute atomic E-state index is 0.106. The lowest BCUT2D eigenvalue weighted by Crippen LogP contribution is -2.51. The summed E-state index contributed by atoms with van der Waals surface area (Å²) in [6.45, 7) is 2.29. The number of hydrogen-bond acceptors (Lipinski definition) is 3. The van der Waals surface area contributed by atoms with Crippen LogP contribution in [0.2, 0.25) is 0 Å². The van der Waals surface area contributed by atoms with Crippen LogP contribution in [0.5, 0.6) is 5.75 Å². The number of rotatable bonds is 0. The molecule has 0 amide bonds. The number of aliphatic hydroxyl groups excluding tert-OH is 1. The fourth-order valence-electron chi connectivity index (χ4n) is 5.69. The molecule has 4 N–H and O–H groups in total. The number of benzene rings is 1. The van der Waals surface area contributed by atoms with Gasteiger partial charge in [0.05, 0.1) is 6.10 Å². The van der Waals surface area contributed by atoms with Crippen LogP contribution in [-0.2, 0) is 6.42 Å². The maximum absolute atomic E-state index is 10.8. The zero-order valence-electron chi connectivity index (χ0n) is 12.6. The number of aryl methyl sites for hydroxylation is 1. The molecule has 6 atom stereocenters. The van der Waals surface area contributed by atoms with Gasteiger partial charge in [-0.2, -0.15) is 0 Å². The standard InChI is InChI=1S/C18H25NO2/c1-18-9-15(21)17-12-5-3-11(20)8-10(12)2-4-13(17)14(18)6-7-16(18)19/h3,5,8,13-17,20-21H,2,4,6-7,9,19H2,1H3/t13?,14?,15-,16?,17?,18-/m0/s1. The molecule has 2 saturated carbocycles. The highest BCUT2D eigenvalue weighted by Gasteiger charge is 2.56. The number of aromatic hydroxyl groups is 1. The molecule has 4 rings (SSSR count). The molecule has 0 radical (unpaired) electrons. The average molecular weight is 287 g/mol. The molecule has 0 aromatic heterocycles. The summed E-state index contributed by atoms with van der Waals surface area (Å²) in [5.41, 5.74) is 8.97. The number of nitrogens with two attached hydrogens (primary N) is 1. The molecule has 4 unspecified atom stereocenters. The summed E-state index contributed by atoms with van der Waals surface area (Å²) >= 11 is 0. The molecule has 0 spiro atoms. The van der Waals surface area contributed by atoms with E-state index in [9.17, 15) is 10.2 Å². The van der Waals surface area contributed by atoms with E-state index in [-0.39, 0.29) is 23.5 Å². The number of fused-ring (bicyclic) bond motifs is 5.